The Bertz CT molecular complexity index is 445. The average molecular weight is 239 g/mol. The summed E-state index contributed by atoms with van der Waals surface area (Å²) in [5.41, 5.74) is 3.45. The van der Waals surface area contributed by atoms with Crippen molar-refractivity contribution in [3.8, 4) is 0 Å². The second kappa shape index (κ2) is 3.14. The minimum Gasteiger partial charge on any atom is -0.238 e. The topological polar surface area (TPSA) is 17.3 Å². The van der Waals surface area contributed by atoms with Crippen LogP contribution in [0, 0.1) is 6.92 Å². The van der Waals surface area contributed by atoms with Gasteiger partial charge < -0.3 is 0 Å². The van der Waals surface area contributed by atoms with Gasteiger partial charge in [0.25, 0.3) is 0 Å². The molecular formula is C10H11BrN2. The first-order valence-electron chi connectivity index (χ1n) is 4.35. The van der Waals surface area contributed by atoms with Crippen molar-refractivity contribution in [2.45, 2.75) is 20.3 Å². The first-order chi connectivity index (χ1) is 6.20. The molecule has 0 unspecified atom stereocenters. The molecule has 0 aliphatic rings. The molecule has 0 aliphatic heterocycles. The van der Waals surface area contributed by atoms with E-state index in [-0.39, 0.29) is 0 Å². The molecule has 0 radical (unpaired) electrons. The van der Waals surface area contributed by atoms with Crippen molar-refractivity contribution in [3.63, 3.8) is 0 Å². The van der Waals surface area contributed by atoms with Gasteiger partial charge >= 0.3 is 0 Å². The SMILES string of the molecule is CCc1cc2cc(Br)cc(C)n2n1. The quantitative estimate of drug-likeness (QED) is 0.747. The lowest BCUT2D eigenvalue weighted by Crippen LogP contribution is -1.93. The minimum absolute atomic E-state index is 0.985. The van der Waals surface area contributed by atoms with E-state index < -0.39 is 0 Å². The van der Waals surface area contributed by atoms with Crippen molar-refractivity contribution in [2.75, 3.05) is 0 Å². The summed E-state index contributed by atoms with van der Waals surface area (Å²) in [6.45, 7) is 4.18. The lowest BCUT2D eigenvalue weighted by Gasteiger charge is -1.98. The van der Waals surface area contributed by atoms with Gasteiger partial charge in [-0.3, -0.25) is 0 Å². The number of nitrogens with zero attached hydrogens (tertiary/aromatic N) is 2. The molecule has 0 bridgehead atoms. The molecule has 0 saturated heterocycles. The summed E-state index contributed by atoms with van der Waals surface area (Å²) in [6.07, 6.45) is 0.985. The number of hydrogen-bond acceptors (Lipinski definition) is 1. The Labute approximate surface area is 85.7 Å². The van der Waals surface area contributed by atoms with Crippen LogP contribution in [0.4, 0.5) is 0 Å². The van der Waals surface area contributed by atoms with Crippen LogP contribution in [0.5, 0.6) is 0 Å². The van der Waals surface area contributed by atoms with E-state index in [9.17, 15) is 0 Å². The Morgan fingerprint density at radius 3 is 2.85 bits per heavy atom. The molecule has 0 aromatic carbocycles. The van der Waals surface area contributed by atoms with E-state index in [1.54, 1.807) is 0 Å². The molecular weight excluding hydrogens is 228 g/mol. The third-order valence-corrected chi connectivity index (χ3v) is 2.57. The van der Waals surface area contributed by atoms with E-state index in [1.807, 2.05) is 4.52 Å². The Morgan fingerprint density at radius 2 is 2.15 bits per heavy atom. The van der Waals surface area contributed by atoms with E-state index in [0.29, 0.717) is 0 Å². The lowest BCUT2D eigenvalue weighted by molar-refractivity contribution is 0.866. The van der Waals surface area contributed by atoms with E-state index in [1.165, 1.54) is 0 Å². The van der Waals surface area contributed by atoms with Gasteiger partial charge in [-0.2, -0.15) is 5.10 Å². The first kappa shape index (κ1) is 8.75. The van der Waals surface area contributed by atoms with Crippen LogP contribution < -0.4 is 0 Å². The van der Waals surface area contributed by atoms with Crippen molar-refractivity contribution in [1.29, 1.82) is 0 Å². The fourth-order valence-corrected chi connectivity index (χ4v) is 2.01. The first-order valence-corrected chi connectivity index (χ1v) is 5.15. The van der Waals surface area contributed by atoms with Gasteiger partial charge in [0.15, 0.2) is 0 Å². The number of aryl methyl sites for hydroxylation is 2. The Kier molecular flexibility index (Phi) is 2.12. The number of fused-ring (bicyclic) bond motifs is 1. The molecule has 0 amide bonds. The molecule has 0 N–H and O–H groups in total. The molecule has 2 aromatic heterocycles. The molecule has 2 rings (SSSR count). The van der Waals surface area contributed by atoms with Gasteiger partial charge in [0.1, 0.15) is 0 Å². The van der Waals surface area contributed by atoms with Crippen LogP contribution in [0.15, 0.2) is 22.7 Å². The molecule has 0 atom stereocenters. The van der Waals surface area contributed by atoms with Crippen LogP contribution in [-0.4, -0.2) is 9.61 Å². The molecule has 3 heteroatoms. The normalized spacial score (nSPS) is 11.0. The molecule has 68 valence electrons. The zero-order valence-electron chi connectivity index (χ0n) is 7.71. The van der Waals surface area contributed by atoms with Crippen molar-refractivity contribution < 1.29 is 0 Å². The van der Waals surface area contributed by atoms with Crippen LogP contribution in [0.1, 0.15) is 18.3 Å². The summed E-state index contributed by atoms with van der Waals surface area (Å²) in [6, 6.07) is 6.27. The third kappa shape index (κ3) is 1.48. The fourth-order valence-electron chi connectivity index (χ4n) is 1.45. The molecule has 13 heavy (non-hydrogen) atoms. The standard InChI is InChI=1S/C10H11BrN2/c1-3-9-6-10-5-8(11)4-7(2)13(10)12-9/h4-6H,3H2,1-2H3. The maximum Gasteiger partial charge on any atom is 0.0678 e. The maximum atomic E-state index is 4.47. The van der Waals surface area contributed by atoms with E-state index in [2.05, 4.69) is 53.1 Å². The van der Waals surface area contributed by atoms with Gasteiger partial charge in [0.05, 0.1) is 11.2 Å². The summed E-state index contributed by atoms with van der Waals surface area (Å²) < 4.78 is 3.09. The predicted molar refractivity (Wildman–Crippen MR) is 57.0 cm³/mol. The van der Waals surface area contributed by atoms with Crippen LogP contribution in [0.2, 0.25) is 0 Å². The molecule has 2 aromatic rings. The molecule has 2 nitrogen and oxygen atoms in total. The number of aromatic nitrogens is 2. The van der Waals surface area contributed by atoms with E-state index in [4.69, 9.17) is 0 Å². The second-order valence-electron chi connectivity index (χ2n) is 3.14. The molecule has 0 spiro atoms. The van der Waals surface area contributed by atoms with Gasteiger partial charge in [-0.1, -0.05) is 22.9 Å². The summed E-state index contributed by atoms with van der Waals surface area (Å²) >= 11 is 3.47. The highest BCUT2D eigenvalue weighted by Gasteiger charge is 2.02. The third-order valence-electron chi connectivity index (χ3n) is 2.12. The van der Waals surface area contributed by atoms with Crippen molar-refractivity contribution in [1.82, 2.24) is 9.61 Å². The van der Waals surface area contributed by atoms with Crippen molar-refractivity contribution in [2.24, 2.45) is 0 Å². The maximum absolute atomic E-state index is 4.47. The molecule has 0 fully saturated rings. The molecule has 2 heterocycles. The monoisotopic (exact) mass is 238 g/mol. The van der Waals surface area contributed by atoms with Crippen molar-refractivity contribution >= 4 is 21.4 Å². The van der Waals surface area contributed by atoms with Gasteiger partial charge in [-0.05, 0) is 31.5 Å². The molecule has 0 aliphatic carbocycles. The van der Waals surface area contributed by atoms with Gasteiger partial charge in [-0.25, -0.2) is 4.52 Å². The van der Waals surface area contributed by atoms with Crippen molar-refractivity contribution in [3.05, 3.63) is 34.1 Å². The number of hydrogen-bond donors (Lipinski definition) is 0. The van der Waals surface area contributed by atoms with Crippen LogP contribution in [-0.2, 0) is 6.42 Å². The number of rotatable bonds is 1. The highest BCUT2D eigenvalue weighted by molar-refractivity contribution is 9.10. The predicted octanol–water partition coefficient (Wildman–Crippen LogP) is 2.97. The average Bonchev–Trinajstić information content (AvgIpc) is 2.47. The Hall–Kier alpha value is -0.830. The van der Waals surface area contributed by atoms with Crippen LogP contribution in [0.3, 0.4) is 0 Å². The Balaban J connectivity index is 2.75. The largest absolute Gasteiger partial charge is 0.238 e. The summed E-state index contributed by atoms with van der Waals surface area (Å²) in [5.74, 6) is 0. The lowest BCUT2D eigenvalue weighted by atomic mass is 10.3. The Morgan fingerprint density at radius 1 is 1.38 bits per heavy atom. The number of halogens is 1. The summed E-state index contributed by atoms with van der Waals surface area (Å²) in [7, 11) is 0. The minimum atomic E-state index is 0.985. The highest BCUT2D eigenvalue weighted by atomic mass is 79.9. The van der Waals surface area contributed by atoms with Gasteiger partial charge in [-0.15, -0.1) is 0 Å². The van der Waals surface area contributed by atoms with E-state index in [0.717, 1.165) is 27.8 Å². The zero-order chi connectivity index (χ0) is 9.42. The highest BCUT2D eigenvalue weighted by Crippen LogP contribution is 2.17. The molecule has 0 saturated carbocycles. The van der Waals surface area contributed by atoms with Gasteiger partial charge in [0.2, 0.25) is 0 Å². The smallest absolute Gasteiger partial charge is 0.0678 e. The fraction of sp³-hybridized carbons (Fsp3) is 0.300. The summed E-state index contributed by atoms with van der Waals surface area (Å²) in [4.78, 5) is 0. The number of pyridine rings is 1. The summed E-state index contributed by atoms with van der Waals surface area (Å²) in [5, 5.41) is 4.47. The second-order valence-corrected chi connectivity index (χ2v) is 4.06. The van der Waals surface area contributed by atoms with Crippen LogP contribution >= 0.6 is 15.9 Å². The van der Waals surface area contributed by atoms with Crippen LogP contribution in [0.25, 0.3) is 5.52 Å². The van der Waals surface area contributed by atoms with E-state index >= 15 is 0 Å². The zero-order valence-corrected chi connectivity index (χ0v) is 9.30. The van der Waals surface area contributed by atoms with Gasteiger partial charge in [0, 0.05) is 10.2 Å².